The van der Waals surface area contributed by atoms with E-state index in [1.165, 1.54) is 28.4 Å². The normalized spacial score (nSPS) is 17.5. The third-order valence-corrected chi connectivity index (χ3v) is 7.34. The molecule has 0 N–H and O–H groups in total. The second-order valence-corrected chi connectivity index (χ2v) is 9.56. The zero-order valence-electron chi connectivity index (χ0n) is 17.5. The van der Waals surface area contributed by atoms with Crippen molar-refractivity contribution in [2.45, 2.75) is 31.2 Å². The minimum Gasteiger partial charge on any atom is -0.496 e. The van der Waals surface area contributed by atoms with Gasteiger partial charge in [0, 0.05) is 32.2 Å². The van der Waals surface area contributed by atoms with Gasteiger partial charge < -0.3 is 9.64 Å². The van der Waals surface area contributed by atoms with Crippen LogP contribution in [0, 0.1) is 18.7 Å². The molecule has 0 aliphatic carbocycles. The lowest BCUT2D eigenvalue weighted by Crippen LogP contribution is -2.45. The first-order valence-electron chi connectivity index (χ1n) is 9.87. The van der Waals surface area contributed by atoms with Gasteiger partial charge in [0.15, 0.2) is 0 Å². The highest BCUT2D eigenvalue weighted by molar-refractivity contribution is 7.89. The second-order valence-electron chi connectivity index (χ2n) is 7.62. The highest BCUT2D eigenvalue weighted by Crippen LogP contribution is 2.28. The Balaban J connectivity index is 1.73. The fraction of sp³-hybridized carbons (Fsp3) is 0.409. The van der Waals surface area contributed by atoms with Crippen LogP contribution in [-0.2, 0) is 21.4 Å². The monoisotopic (exact) mass is 434 g/mol. The molecule has 2 aromatic rings. The lowest BCUT2D eigenvalue weighted by molar-refractivity contribution is -0.135. The van der Waals surface area contributed by atoms with E-state index in [2.05, 4.69) is 0 Å². The Labute approximate surface area is 177 Å². The molecule has 1 atom stereocenters. The van der Waals surface area contributed by atoms with Gasteiger partial charge in [-0.3, -0.25) is 4.79 Å². The van der Waals surface area contributed by atoms with Gasteiger partial charge >= 0.3 is 0 Å². The molecule has 8 heteroatoms. The van der Waals surface area contributed by atoms with Crippen LogP contribution in [0.15, 0.2) is 47.4 Å². The van der Waals surface area contributed by atoms with Crippen molar-refractivity contribution in [2.75, 3.05) is 27.2 Å². The van der Waals surface area contributed by atoms with Crippen LogP contribution < -0.4 is 4.74 Å². The van der Waals surface area contributed by atoms with Gasteiger partial charge in [-0.1, -0.05) is 18.2 Å². The molecule has 1 saturated heterocycles. The van der Waals surface area contributed by atoms with Crippen LogP contribution in [0.2, 0.25) is 0 Å². The number of benzene rings is 2. The number of halogens is 1. The molecule has 1 aliphatic rings. The molecule has 1 amide bonds. The Morgan fingerprint density at radius 1 is 1.27 bits per heavy atom. The summed E-state index contributed by atoms with van der Waals surface area (Å²) in [7, 11) is -0.563. The van der Waals surface area contributed by atoms with Gasteiger partial charge in [0.25, 0.3) is 0 Å². The Morgan fingerprint density at radius 2 is 2.00 bits per heavy atom. The Morgan fingerprint density at radius 3 is 2.67 bits per heavy atom. The number of aryl methyl sites for hydroxylation is 1. The van der Waals surface area contributed by atoms with Gasteiger partial charge in [0.1, 0.15) is 11.6 Å². The molecule has 0 aromatic heterocycles. The number of carbonyl (C=O) groups excluding carboxylic acids is 1. The molecule has 0 bridgehead atoms. The van der Waals surface area contributed by atoms with E-state index in [1.54, 1.807) is 44.3 Å². The summed E-state index contributed by atoms with van der Waals surface area (Å²) < 4.78 is 46.7. The molecule has 0 unspecified atom stereocenters. The maximum absolute atomic E-state index is 13.9. The van der Waals surface area contributed by atoms with Gasteiger partial charge in [-0.15, -0.1) is 0 Å². The number of hydrogen-bond acceptors (Lipinski definition) is 4. The lowest BCUT2D eigenvalue weighted by Gasteiger charge is -2.33. The van der Waals surface area contributed by atoms with Crippen molar-refractivity contribution in [3.63, 3.8) is 0 Å². The van der Waals surface area contributed by atoms with Crippen LogP contribution in [0.25, 0.3) is 0 Å². The van der Waals surface area contributed by atoms with Crippen LogP contribution in [-0.4, -0.2) is 50.8 Å². The molecule has 3 rings (SSSR count). The number of nitrogens with zero attached hydrogens (tertiary/aromatic N) is 2. The van der Waals surface area contributed by atoms with E-state index in [9.17, 15) is 17.6 Å². The summed E-state index contributed by atoms with van der Waals surface area (Å²) in [6.45, 7) is 2.42. The fourth-order valence-electron chi connectivity index (χ4n) is 3.79. The summed E-state index contributed by atoms with van der Waals surface area (Å²) in [6.07, 6.45) is 1.20. The SMILES string of the molecule is COc1ccc(S(=O)(=O)N2CCC[C@@H](C(=O)N(C)Cc3ccccc3F)C2)cc1C. The zero-order valence-corrected chi connectivity index (χ0v) is 18.3. The molecular weight excluding hydrogens is 407 g/mol. The third kappa shape index (κ3) is 4.65. The van der Waals surface area contributed by atoms with E-state index in [4.69, 9.17) is 4.74 Å². The molecule has 0 spiro atoms. The van der Waals surface area contributed by atoms with Crippen LogP contribution in [0.5, 0.6) is 5.75 Å². The third-order valence-electron chi connectivity index (χ3n) is 5.48. The number of rotatable bonds is 6. The molecule has 162 valence electrons. The predicted octanol–water partition coefficient (Wildman–Crippen LogP) is 3.20. The number of amides is 1. The number of sulfonamides is 1. The summed E-state index contributed by atoms with van der Waals surface area (Å²) in [5, 5.41) is 0. The predicted molar refractivity (Wildman–Crippen MR) is 112 cm³/mol. The van der Waals surface area contributed by atoms with E-state index in [1.807, 2.05) is 0 Å². The van der Waals surface area contributed by atoms with Crippen molar-refractivity contribution in [1.29, 1.82) is 0 Å². The van der Waals surface area contributed by atoms with Gasteiger partial charge in [-0.25, -0.2) is 12.8 Å². The van der Waals surface area contributed by atoms with Crippen molar-refractivity contribution >= 4 is 15.9 Å². The van der Waals surface area contributed by atoms with Gasteiger partial charge in [0.2, 0.25) is 15.9 Å². The van der Waals surface area contributed by atoms with Crippen LogP contribution in [0.3, 0.4) is 0 Å². The van der Waals surface area contributed by atoms with E-state index < -0.39 is 15.9 Å². The van der Waals surface area contributed by atoms with Crippen molar-refractivity contribution in [3.05, 3.63) is 59.4 Å². The summed E-state index contributed by atoms with van der Waals surface area (Å²) in [6, 6.07) is 11.1. The van der Waals surface area contributed by atoms with Crippen LogP contribution in [0.1, 0.15) is 24.0 Å². The summed E-state index contributed by atoms with van der Waals surface area (Å²) >= 11 is 0. The van der Waals surface area contributed by atoms with Crippen molar-refractivity contribution in [3.8, 4) is 5.75 Å². The van der Waals surface area contributed by atoms with Crippen molar-refractivity contribution < 1.29 is 22.3 Å². The summed E-state index contributed by atoms with van der Waals surface area (Å²) in [5.74, 6) is -0.371. The standard InChI is InChI=1S/C22H27FN2O4S/c1-16-13-19(10-11-21(16)29-3)30(27,28)25-12-6-8-18(15-25)22(26)24(2)14-17-7-4-5-9-20(17)23/h4-5,7,9-11,13,18H,6,8,12,14-15H2,1-3H3/t18-/m1/s1. The lowest BCUT2D eigenvalue weighted by atomic mass is 9.98. The minimum absolute atomic E-state index is 0.119. The minimum atomic E-state index is -3.72. The number of methoxy groups -OCH3 is 1. The first-order valence-corrected chi connectivity index (χ1v) is 11.3. The second kappa shape index (κ2) is 9.14. The Bertz CT molecular complexity index is 1030. The summed E-state index contributed by atoms with van der Waals surface area (Å²) in [4.78, 5) is 14.6. The van der Waals surface area contributed by atoms with E-state index in [0.29, 0.717) is 30.7 Å². The molecule has 30 heavy (non-hydrogen) atoms. The summed E-state index contributed by atoms with van der Waals surface area (Å²) in [5.41, 5.74) is 1.16. The molecule has 0 saturated carbocycles. The van der Waals surface area contributed by atoms with Crippen LogP contribution in [0.4, 0.5) is 4.39 Å². The molecule has 6 nitrogen and oxygen atoms in total. The first kappa shape index (κ1) is 22.2. The van der Waals surface area contributed by atoms with Crippen LogP contribution >= 0.6 is 0 Å². The van der Waals surface area contributed by atoms with Gasteiger partial charge in [-0.2, -0.15) is 4.31 Å². The van der Waals surface area contributed by atoms with Crippen molar-refractivity contribution in [1.82, 2.24) is 9.21 Å². The largest absolute Gasteiger partial charge is 0.496 e. The topological polar surface area (TPSA) is 66.9 Å². The van der Waals surface area contributed by atoms with Crippen molar-refractivity contribution in [2.24, 2.45) is 5.92 Å². The van der Waals surface area contributed by atoms with E-state index >= 15 is 0 Å². The molecule has 0 radical (unpaired) electrons. The molecule has 2 aromatic carbocycles. The van der Waals surface area contributed by atoms with E-state index in [-0.39, 0.29) is 29.7 Å². The molecule has 1 heterocycles. The fourth-order valence-corrected chi connectivity index (χ4v) is 5.40. The number of ether oxygens (including phenoxy) is 1. The number of piperidine rings is 1. The van der Waals surface area contributed by atoms with Gasteiger partial charge in [-0.05, 0) is 49.6 Å². The zero-order chi connectivity index (χ0) is 21.9. The Kier molecular flexibility index (Phi) is 6.77. The van der Waals surface area contributed by atoms with E-state index in [0.717, 1.165) is 5.56 Å². The maximum atomic E-state index is 13.9. The molecular formula is C22H27FN2O4S. The molecule has 1 aliphatic heterocycles. The number of carbonyl (C=O) groups is 1. The average Bonchev–Trinajstić information content (AvgIpc) is 2.74. The maximum Gasteiger partial charge on any atom is 0.243 e. The highest BCUT2D eigenvalue weighted by Gasteiger charge is 2.34. The smallest absolute Gasteiger partial charge is 0.243 e. The highest BCUT2D eigenvalue weighted by atomic mass is 32.2. The first-order chi connectivity index (χ1) is 14.2. The molecule has 1 fully saturated rings. The number of hydrogen-bond donors (Lipinski definition) is 0. The Hall–Kier alpha value is -2.45. The average molecular weight is 435 g/mol. The van der Waals surface area contributed by atoms with Gasteiger partial charge in [0.05, 0.1) is 17.9 Å². The quantitative estimate of drug-likeness (QED) is 0.700.